The fraction of sp³-hybridized carbons (Fsp3) is 0.409. The summed E-state index contributed by atoms with van der Waals surface area (Å²) in [6, 6.07) is 7.46. The zero-order valence-corrected chi connectivity index (χ0v) is 17.1. The highest BCUT2D eigenvalue weighted by molar-refractivity contribution is 5.94. The van der Waals surface area contributed by atoms with Gasteiger partial charge in [-0.3, -0.25) is 4.79 Å². The fourth-order valence-electron chi connectivity index (χ4n) is 2.13. The molecule has 1 unspecified atom stereocenters. The molecule has 2 rings (SSSR count). The van der Waals surface area contributed by atoms with Crippen molar-refractivity contribution in [2.45, 2.75) is 46.6 Å². The van der Waals surface area contributed by atoms with Crippen molar-refractivity contribution >= 4 is 5.78 Å². The minimum atomic E-state index is -0.752. The molecule has 0 aliphatic heterocycles. The van der Waals surface area contributed by atoms with Crippen LogP contribution in [0.1, 0.15) is 50.9 Å². The summed E-state index contributed by atoms with van der Waals surface area (Å²) in [6.45, 7) is 7.95. The Kier molecular flexibility index (Phi) is 10.2. The van der Waals surface area contributed by atoms with Crippen LogP contribution in [0.3, 0.4) is 0 Å². The predicted molar refractivity (Wildman–Crippen MR) is 105 cm³/mol. The van der Waals surface area contributed by atoms with Crippen LogP contribution in [-0.2, 0) is 4.74 Å². The van der Waals surface area contributed by atoms with Crippen LogP contribution in [0.5, 0.6) is 17.2 Å². The number of carbonyl (C=O) groups is 1. The van der Waals surface area contributed by atoms with Gasteiger partial charge in [-0.2, -0.15) is 0 Å². The third-order valence-corrected chi connectivity index (χ3v) is 3.60. The molecule has 154 valence electrons. The Morgan fingerprint density at radius 2 is 1.46 bits per heavy atom. The van der Waals surface area contributed by atoms with Gasteiger partial charge in [0.2, 0.25) is 0 Å². The van der Waals surface area contributed by atoms with Gasteiger partial charge in [0.05, 0.1) is 6.61 Å². The van der Waals surface area contributed by atoms with E-state index in [4.69, 9.17) is 14.2 Å². The maximum atomic E-state index is 13.3. The Morgan fingerprint density at radius 3 is 1.96 bits per heavy atom. The molecule has 0 aromatic heterocycles. The van der Waals surface area contributed by atoms with Crippen molar-refractivity contribution in [3.63, 3.8) is 0 Å². The summed E-state index contributed by atoms with van der Waals surface area (Å²) in [5, 5.41) is 0. The molecule has 0 bridgehead atoms. The number of hydrogen-bond donors (Lipinski definition) is 0. The van der Waals surface area contributed by atoms with Gasteiger partial charge >= 0.3 is 0 Å². The van der Waals surface area contributed by atoms with Gasteiger partial charge in [0, 0.05) is 36.9 Å². The number of ketones is 1. The van der Waals surface area contributed by atoms with Gasteiger partial charge in [-0.1, -0.05) is 26.7 Å². The summed E-state index contributed by atoms with van der Waals surface area (Å²) in [7, 11) is 1.55. The van der Waals surface area contributed by atoms with E-state index in [2.05, 4.69) is 13.8 Å². The molecule has 4 nitrogen and oxygen atoms in total. The van der Waals surface area contributed by atoms with E-state index < -0.39 is 11.6 Å². The number of Topliss-reactive ketones (excluding diaryl/α,β-unsaturated/α-hetero) is 1. The first-order valence-corrected chi connectivity index (χ1v) is 9.24. The Bertz CT molecular complexity index is 740. The normalized spacial score (nSPS) is 11.2. The molecule has 0 aliphatic rings. The lowest BCUT2D eigenvalue weighted by atomic mass is 10.1. The standard InChI is InChI=1S/C18H18F2O4.C4H10/c1-11(10-22-3)23-16-4-13(12(2)21)5-17(9-16)24-18-7-14(19)6-15(20)8-18;1-3-4-2/h4-9,11H,10H2,1-3H3;3-4H2,1-2H3. The molecule has 0 radical (unpaired) electrons. The summed E-state index contributed by atoms with van der Waals surface area (Å²) in [5.74, 6) is -1.05. The quantitative estimate of drug-likeness (QED) is 0.502. The zero-order valence-electron chi connectivity index (χ0n) is 17.1. The second-order valence-corrected chi connectivity index (χ2v) is 6.34. The van der Waals surface area contributed by atoms with Gasteiger partial charge in [-0.15, -0.1) is 0 Å². The Hall–Kier alpha value is -2.47. The molecule has 0 N–H and O–H groups in total. The number of unbranched alkanes of at least 4 members (excludes halogenated alkanes) is 1. The van der Waals surface area contributed by atoms with Crippen molar-refractivity contribution in [3.05, 3.63) is 53.6 Å². The van der Waals surface area contributed by atoms with Gasteiger partial charge < -0.3 is 14.2 Å². The fourth-order valence-corrected chi connectivity index (χ4v) is 2.13. The number of methoxy groups -OCH3 is 1. The van der Waals surface area contributed by atoms with Crippen molar-refractivity contribution in [2.24, 2.45) is 0 Å². The highest BCUT2D eigenvalue weighted by atomic mass is 19.1. The van der Waals surface area contributed by atoms with Crippen molar-refractivity contribution < 1.29 is 27.8 Å². The molecule has 6 heteroatoms. The molecular formula is C22H28F2O4. The first-order valence-electron chi connectivity index (χ1n) is 9.24. The van der Waals surface area contributed by atoms with Crippen LogP contribution < -0.4 is 9.47 Å². The number of rotatable bonds is 8. The van der Waals surface area contributed by atoms with Crippen LogP contribution >= 0.6 is 0 Å². The number of carbonyl (C=O) groups excluding carboxylic acids is 1. The highest BCUT2D eigenvalue weighted by Crippen LogP contribution is 2.29. The summed E-state index contributed by atoms with van der Waals surface area (Å²) in [5.41, 5.74) is 0.365. The molecular weight excluding hydrogens is 366 g/mol. The summed E-state index contributed by atoms with van der Waals surface area (Å²) >= 11 is 0. The molecule has 2 aromatic carbocycles. The van der Waals surface area contributed by atoms with E-state index in [1.165, 1.54) is 25.8 Å². The van der Waals surface area contributed by atoms with Gasteiger partial charge in [0.1, 0.15) is 35.0 Å². The largest absolute Gasteiger partial charge is 0.488 e. The van der Waals surface area contributed by atoms with E-state index in [0.717, 1.165) is 18.2 Å². The summed E-state index contributed by atoms with van der Waals surface area (Å²) in [4.78, 5) is 11.7. The van der Waals surface area contributed by atoms with E-state index in [1.807, 2.05) is 6.92 Å². The summed E-state index contributed by atoms with van der Waals surface area (Å²) in [6.07, 6.45) is 2.40. The second kappa shape index (κ2) is 12.1. The van der Waals surface area contributed by atoms with Gasteiger partial charge in [0.25, 0.3) is 0 Å². The van der Waals surface area contributed by atoms with Crippen LogP contribution in [0, 0.1) is 11.6 Å². The molecule has 1 atom stereocenters. The number of hydrogen-bond acceptors (Lipinski definition) is 4. The highest BCUT2D eigenvalue weighted by Gasteiger charge is 2.11. The van der Waals surface area contributed by atoms with Crippen LogP contribution in [0.2, 0.25) is 0 Å². The predicted octanol–water partition coefficient (Wildman–Crippen LogP) is 6.18. The van der Waals surface area contributed by atoms with E-state index in [-0.39, 0.29) is 23.4 Å². The van der Waals surface area contributed by atoms with Gasteiger partial charge in [0.15, 0.2) is 5.78 Å². The number of halogens is 2. The molecule has 0 saturated carbocycles. The average molecular weight is 394 g/mol. The molecule has 0 spiro atoms. The number of ether oxygens (including phenoxy) is 3. The molecule has 0 saturated heterocycles. The molecule has 28 heavy (non-hydrogen) atoms. The summed E-state index contributed by atoms with van der Waals surface area (Å²) < 4.78 is 42.7. The first-order chi connectivity index (χ1) is 13.3. The maximum absolute atomic E-state index is 13.3. The minimum absolute atomic E-state index is 0.0101. The third kappa shape index (κ3) is 8.48. The maximum Gasteiger partial charge on any atom is 0.160 e. The monoisotopic (exact) mass is 394 g/mol. The van der Waals surface area contributed by atoms with Crippen molar-refractivity contribution in [2.75, 3.05) is 13.7 Å². The molecule has 0 heterocycles. The van der Waals surface area contributed by atoms with Gasteiger partial charge in [-0.25, -0.2) is 8.78 Å². The third-order valence-electron chi connectivity index (χ3n) is 3.60. The topological polar surface area (TPSA) is 44.8 Å². The molecule has 0 amide bonds. The Balaban J connectivity index is 0.000000892. The van der Waals surface area contributed by atoms with Crippen molar-refractivity contribution in [3.8, 4) is 17.2 Å². The van der Waals surface area contributed by atoms with Gasteiger partial charge in [-0.05, 0) is 26.0 Å². The smallest absolute Gasteiger partial charge is 0.160 e. The molecule has 0 aliphatic carbocycles. The van der Waals surface area contributed by atoms with Crippen LogP contribution in [-0.4, -0.2) is 25.6 Å². The molecule has 0 fully saturated rings. The second-order valence-electron chi connectivity index (χ2n) is 6.34. The van der Waals surface area contributed by atoms with E-state index in [0.29, 0.717) is 17.9 Å². The molecule has 2 aromatic rings. The zero-order chi connectivity index (χ0) is 21.1. The lowest BCUT2D eigenvalue weighted by molar-refractivity contribution is 0.0915. The van der Waals surface area contributed by atoms with E-state index >= 15 is 0 Å². The first kappa shape index (κ1) is 23.6. The minimum Gasteiger partial charge on any atom is -0.488 e. The van der Waals surface area contributed by atoms with Crippen LogP contribution in [0.25, 0.3) is 0 Å². The van der Waals surface area contributed by atoms with Crippen molar-refractivity contribution in [1.82, 2.24) is 0 Å². The van der Waals surface area contributed by atoms with E-state index in [9.17, 15) is 13.6 Å². The van der Waals surface area contributed by atoms with Crippen molar-refractivity contribution in [1.29, 1.82) is 0 Å². The van der Waals surface area contributed by atoms with Crippen LogP contribution in [0.4, 0.5) is 8.78 Å². The average Bonchev–Trinajstić information content (AvgIpc) is 2.61. The lowest BCUT2D eigenvalue weighted by Gasteiger charge is -2.16. The van der Waals surface area contributed by atoms with Crippen LogP contribution in [0.15, 0.2) is 36.4 Å². The Labute approximate surface area is 165 Å². The van der Waals surface area contributed by atoms with E-state index in [1.54, 1.807) is 19.2 Å². The SMILES string of the molecule is CCCC.COCC(C)Oc1cc(Oc2cc(F)cc(F)c2)cc(C(C)=O)c1. The lowest BCUT2D eigenvalue weighted by Crippen LogP contribution is -2.18. The number of benzene rings is 2. The Morgan fingerprint density at radius 1 is 0.929 bits per heavy atom.